The monoisotopic (exact) mass is 331 g/mol. The summed E-state index contributed by atoms with van der Waals surface area (Å²) in [6, 6.07) is 21.5. The van der Waals surface area contributed by atoms with Crippen molar-refractivity contribution in [1.82, 2.24) is 4.57 Å². The summed E-state index contributed by atoms with van der Waals surface area (Å²) in [4.78, 5) is 0. The summed E-state index contributed by atoms with van der Waals surface area (Å²) in [6.07, 6.45) is 9.47. The number of aliphatic hydroxyl groups excluding tert-OH is 1. The summed E-state index contributed by atoms with van der Waals surface area (Å²) in [5.74, 6) is 0. The zero-order chi connectivity index (χ0) is 17.1. The fourth-order valence-corrected chi connectivity index (χ4v) is 3.98. The first-order valence-electron chi connectivity index (χ1n) is 9.29. The van der Waals surface area contributed by atoms with Crippen LogP contribution in [0.15, 0.2) is 73.1 Å². The van der Waals surface area contributed by atoms with Crippen LogP contribution < -0.4 is 0 Å². The van der Waals surface area contributed by atoms with Gasteiger partial charge < -0.3 is 9.67 Å². The van der Waals surface area contributed by atoms with Crippen LogP contribution in [0.1, 0.15) is 36.4 Å². The summed E-state index contributed by atoms with van der Waals surface area (Å²) in [5, 5.41) is 10.3. The van der Waals surface area contributed by atoms with Gasteiger partial charge in [-0.3, -0.25) is 0 Å². The lowest BCUT2D eigenvalue weighted by Gasteiger charge is -2.16. The Bertz CT molecular complexity index is 807. The molecule has 1 aromatic heterocycles. The molecular weight excluding hydrogens is 306 g/mol. The average molecular weight is 331 g/mol. The minimum absolute atomic E-state index is 0.210. The maximum absolute atomic E-state index is 10.3. The first kappa shape index (κ1) is 16.2. The molecule has 0 saturated heterocycles. The summed E-state index contributed by atoms with van der Waals surface area (Å²) in [5.41, 5.74) is 5.30. The maximum Gasteiger partial charge on any atom is 0.0747 e. The molecule has 2 aromatic carbocycles. The van der Waals surface area contributed by atoms with Gasteiger partial charge in [-0.2, -0.15) is 0 Å². The van der Waals surface area contributed by atoms with Crippen molar-refractivity contribution in [1.29, 1.82) is 0 Å². The third-order valence-electron chi connectivity index (χ3n) is 5.37. The van der Waals surface area contributed by atoms with E-state index in [1.165, 1.54) is 22.3 Å². The van der Waals surface area contributed by atoms with Crippen LogP contribution in [0.5, 0.6) is 0 Å². The van der Waals surface area contributed by atoms with Gasteiger partial charge in [-0.15, -0.1) is 0 Å². The van der Waals surface area contributed by atoms with Gasteiger partial charge in [-0.1, -0.05) is 60.7 Å². The second-order valence-corrected chi connectivity index (χ2v) is 7.06. The van der Waals surface area contributed by atoms with E-state index in [0.29, 0.717) is 0 Å². The Balaban J connectivity index is 1.64. The third kappa shape index (κ3) is 3.54. The number of hydrogen-bond donors (Lipinski definition) is 1. The number of aryl methyl sites for hydroxylation is 2. The van der Waals surface area contributed by atoms with Crippen molar-refractivity contribution in [3.63, 3.8) is 0 Å². The summed E-state index contributed by atoms with van der Waals surface area (Å²) in [7, 11) is 0. The van der Waals surface area contributed by atoms with Crippen molar-refractivity contribution < 1.29 is 5.11 Å². The number of rotatable bonds is 5. The molecule has 0 radical (unpaired) electrons. The van der Waals surface area contributed by atoms with E-state index in [4.69, 9.17) is 0 Å². The highest BCUT2D eigenvalue weighted by Crippen LogP contribution is 2.34. The molecule has 1 aliphatic rings. The molecule has 128 valence electrons. The molecule has 0 spiro atoms. The van der Waals surface area contributed by atoms with Gasteiger partial charge in [-0.05, 0) is 48.8 Å². The molecule has 0 bridgehead atoms. The lowest BCUT2D eigenvalue weighted by molar-refractivity contribution is 0.136. The fraction of sp³-hybridized carbons (Fsp3) is 0.304. The zero-order valence-corrected chi connectivity index (χ0v) is 14.5. The predicted octanol–water partition coefficient (Wildman–Crippen LogP) is 5.03. The van der Waals surface area contributed by atoms with Crippen molar-refractivity contribution in [3.8, 4) is 11.1 Å². The average Bonchev–Trinajstić information content (AvgIpc) is 3.27. The standard InChI is InChI=1S/C23H25NO/c25-23-13-7-12-22(23)24-16-20(15-14-18-8-3-1-4-9-18)21(17-24)19-10-5-2-6-11-19/h1-6,8-11,16-17,22-23,25H,7,12-15H2/t22-,23+/m1/s1. The van der Waals surface area contributed by atoms with Gasteiger partial charge in [0.2, 0.25) is 0 Å². The van der Waals surface area contributed by atoms with Crippen LogP contribution in [-0.2, 0) is 12.8 Å². The van der Waals surface area contributed by atoms with Gasteiger partial charge in [-0.25, -0.2) is 0 Å². The number of hydrogen-bond acceptors (Lipinski definition) is 1. The Morgan fingerprint density at radius 2 is 1.56 bits per heavy atom. The van der Waals surface area contributed by atoms with E-state index in [0.717, 1.165) is 32.1 Å². The lowest BCUT2D eigenvalue weighted by Crippen LogP contribution is -2.16. The van der Waals surface area contributed by atoms with Crippen LogP contribution in [0.25, 0.3) is 11.1 Å². The van der Waals surface area contributed by atoms with Gasteiger partial charge in [0, 0.05) is 18.0 Å². The molecule has 4 rings (SSSR count). The Morgan fingerprint density at radius 1 is 0.840 bits per heavy atom. The zero-order valence-electron chi connectivity index (χ0n) is 14.5. The molecule has 0 unspecified atom stereocenters. The molecular formula is C23H25NO. The van der Waals surface area contributed by atoms with Gasteiger partial charge in [0.05, 0.1) is 12.1 Å². The quantitative estimate of drug-likeness (QED) is 0.697. The summed E-state index contributed by atoms with van der Waals surface area (Å²) >= 11 is 0. The second kappa shape index (κ2) is 7.28. The minimum atomic E-state index is -0.210. The fourth-order valence-electron chi connectivity index (χ4n) is 3.98. The maximum atomic E-state index is 10.3. The van der Waals surface area contributed by atoms with E-state index >= 15 is 0 Å². The highest BCUT2D eigenvalue weighted by atomic mass is 16.3. The molecule has 0 aliphatic heterocycles. The van der Waals surface area contributed by atoms with Crippen molar-refractivity contribution >= 4 is 0 Å². The molecule has 3 aromatic rings. The van der Waals surface area contributed by atoms with Crippen LogP contribution in [0.3, 0.4) is 0 Å². The molecule has 2 heteroatoms. The van der Waals surface area contributed by atoms with Crippen LogP contribution >= 0.6 is 0 Å². The molecule has 0 amide bonds. The molecule has 1 N–H and O–H groups in total. The molecule has 2 nitrogen and oxygen atoms in total. The molecule has 1 fully saturated rings. The van der Waals surface area contributed by atoms with E-state index in [1.807, 2.05) is 0 Å². The highest BCUT2D eigenvalue weighted by Gasteiger charge is 2.27. The van der Waals surface area contributed by atoms with E-state index < -0.39 is 0 Å². The van der Waals surface area contributed by atoms with E-state index in [2.05, 4.69) is 77.6 Å². The number of aliphatic hydroxyl groups is 1. The number of aromatic nitrogens is 1. The molecule has 1 heterocycles. The first-order valence-corrected chi connectivity index (χ1v) is 9.29. The van der Waals surface area contributed by atoms with Crippen LogP contribution in [0.4, 0.5) is 0 Å². The second-order valence-electron chi connectivity index (χ2n) is 7.06. The van der Waals surface area contributed by atoms with Crippen molar-refractivity contribution in [2.75, 3.05) is 0 Å². The minimum Gasteiger partial charge on any atom is -0.391 e. The van der Waals surface area contributed by atoms with Crippen molar-refractivity contribution in [2.45, 2.75) is 44.2 Å². The largest absolute Gasteiger partial charge is 0.391 e. The number of nitrogens with zero attached hydrogens (tertiary/aromatic N) is 1. The van der Waals surface area contributed by atoms with Crippen molar-refractivity contribution in [3.05, 3.63) is 84.2 Å². The molecule has 1 saturated carbocycles. The van der Waals surface area contributed by atoms with Gasteiger partial charge in [0.15, 0.2) is 0 Å². The summed E-state index contributed by atoms with van der Waals surface area (Å²) < 4.78 is 2.26. The predicted molar refractivity (Wildman–Crippen MR) is 103 cm³/mol. The van der Waals surface area contributed by atoms with Gasteiger partial charge in [0.1, 0.15) is 0 Å². The Labute approximate surface area is 149 Å². The molecule has 25 heavy (non-hydrogen) atoms. The number of benzene rings is 2. The molecule has 2 atom stereocenters. The van der Waals surface area contributed by atoms with Crippen LogP contribution in [-0.4, -0.2) is 15.8 Å². The summed E-state index contributed by atoms with van der Waals surface area (Å²) in [6.45, 7) is 0. The third-order valence-corrected chi connectivity index (χ3v) is 5.37. The normalized spacial score (nSPS) is 20.0. The van der Waals surface area contributed by atoms with Gasteiger partial charge >= 0.3 is 0 Å². The van der Waals surface area contributed by atoms with E-state index in [9.17, 15) is 5.11 Å². The van der Waals surface area contributed by atoms with Crippen molar-refractivity contribution in [2.24, 2.45) is 0 Å². The van der Waals surface area contributed by atoms with Crippen LogP contribution in [0.2, 0.25) is 0 Å². The lowest BCUT2D eigenvalue weighted by atomic mass is 9.99. The molecule has 1 aliphatic carbocycles. The Morgan fingerprint density at radius 3 is 2.24 bits per heavy atom. The topological polar surface area (TPSA) is 25.2 Å². The first-order chi connectivity index (χ1) is 12.3. The Kier molecular flexibility index (Phi) is 4.71. The van der Waals surface area contributed by atoms with E-state index in [1.54, 1.807) is 0 Å². The van der Waals surface area contributed by atoms with Gasteiger partial charge in [0.25, 0.3) is 0 Å². The smallest absolute Gasteiger partial charge is 0.0747 e. The SMILES string of the molecule is O[C@H]1CCC[C@H]1n1cc(CCc2ccccc2)c(-c2ccccc2)c1. The highest BCUT2D eigenvalue weighted by molar-refractivity contribution is 5.67. The van der Waals surface area contributed by atoms with E-state index in [-0.39, 0.29) is 12.1 Å². The van der Waals surface area contributed by atoms with Crippen LogP contribution in [0, 0.1) is 0 Å². The Hall–Kier alpha value is -2.32.